The second kappa shape index (κ2) is 2.59. The third-order valence-corrected chi connectivity index (χ3v) is 3.95. The molecule has 2 aliphatic carbocycles. The van der Waals surface area contributed by atoms with Crippen LogP contribution in [0.4, 0.5) is 0 Å². The zero-order chi connectivity index (χ0) is 8.77. The maximum atomic E-state index is 8.91. The molecular formula is C11H18O. The third kappa shape index (κ3) is 0.957. The SMILES string of the molecule is CC1(C)/C(=C/CO)[C@H]2CC[C@@H]1C2. The lowest BCUT2D eigenvalue weighted by atomic mass is 9.73. The van der Waals surface area contributed by atoms with Gasteiger partial charge in [0.15, 0.2) is 0 Å². The summed E-state index contributed by atoms with van der Waals surface area (Å²) in [7, 11) is 0. The molecule has 12 heavy (non-hydrogen) atoms. The predicted octanol–water partition coefficient (Wildman–Crippen LogP) is 2.36. The average Bonchev–Trinajstić information content (AvgIpc) is 2.53. The fourth-order valence-corrected chi connectivity index (χ4v) is 3.21. The Labute approximate surface area is 74.5 Å². The second-order valence-electron chi connectivity index (χ2n) is 4.77. The second-order valence-corrected chi connectivity index (χ2v) is 4.77. The van der Waals surface area contributed by atoms with Crippen LogP contribution in [0.25, 0.3) is 0 Å². The molecule has 2 bridgehead atoms. The molecule has 0 heterocycles. The molecule has 0 saturated heterocycles. The summed E-state index contributed by atoms with van der Waals surface area (Å²) in [6, 6.07) is 0. The topological polar surface area (TPSA) is 20.2 Å². The molecule has 1 heteroatoms. The summed E-state index contributed by atoms with van der Waals surface area (Å²) in [5.41, 5.74) is 1.91. The zero-order valence-electron chi connectivity index (χ0n) is 8.01. The van der Waals surface area contributed by atoms with E-state index in [1.54, 1.807) is 0 Å². The van der Waals surface area contributed by atoms with E-state index in [0.717, 1.165) is 11.8 Å². The van der Waals surface area contributed by atoms with E-state index in [2.05, 4.69) is 13.8 Å². The van der Waals surface area contributed by atoms with Crippen LogP contribution in [-0.2, 0) is 0 Å². The van der Waals surface area contributed by atoms with E-state index >= 15 is 0 Å². The van der Waals surface area contributed by atoms with Gasteiger partial charge in [-0.05, 0) is 36.5 Å². The molecule has 0 amide bonds. The molecule has 0 unspecified atom stereocenters. The van der Waals surface area contributed by atoms with Gasteiger partial charge < -0.3 is 5.11 Å². The Morgan fingerprint density at radius 1 is 1.50 bits per heavy atom. The minimum Gasteiger partial charge on any atom is -0.392 e. The normalized spacial score (nSPS) is 41.1. The molecule has 2 atom stereocenters. The van der Waals surface area contributed by atoms with Gasteiger partial charge in [-0.3, -0.25) is 0 Å². The molecule has 2 rings (SSSR count). The number of rotatable bonds is 1. The van der Waals surface area contributed by atoms with Crippen LogP contribution < -0.4 is 0 Å². The largest absolute Gasteiger partial charge is 0.392 e. The van der Waals surface area contributed by atoms with E-state index in [1.807, 2.05) is 6.08 Å². The minimum absolute atomic E-state index is 0.224. The predicted molar refractivity (Wildman–Crippen MR) is 49.8 cm³/mol. The highest BCUT2D eigenvalue weighted by Crippen LogP contribution is 2.58. The van der Waals surface area contributed by atoms with Crippen LogP contribution in [-0.4, -0.2) is 11.7 Å². The number of hydrogen-bond donors (Lipinski definition) is 1. The van der Waals surface area contributed by atoms with Gasteiger partial charge in [0.25, 0.3) is 0 Å². The van der Waals surface area contributed by atoms with E-state index in [0.29, 0.717) is 5.41 Å². The molecular weight excluding hydrogens is 148 g/mol. The van der Waals surface area contributed by atoms with Crippen molar-refractivity contribution in [3.05, 3.63) is 11.6 Å². The van der Waals surface area contributed by atoms with Crippen molar-refractivity contribution < 1.29 is 5.11 Å². The Morgan fingerprint density at radius 3 is 2.75 bits per heavy atom. The molecule has 1 N–H and O–H groups in total. The molecule has 68 valence electrons. The number of allylic oxidation sites excluding steroid dienone is 1. The summed E-state index contributed by atoms with van der Waals surface area (Å²) in [5, 5.41) is 8.91. The molecule has 0 aromatic carbocycles. The quantitative estimate of drug-likeness (QED) is 0.593. The lowest BCUT2D eigenvalue weighted by Gasteiger charge is -2.32. The maximum absolute atomic E-state index is 8.91. The fourth-order valence-electron chi connectivity index (χ4n) is 3.21. The number of aliphatic hydroxyl groups excluding tert-OH is 1. The van der Waals surface area contributed by atoms with Crippen molar-refractivity contribution in [2.45, 2.75) is 33.1 Å². The summed E-state index contributed by atoms with van der Waals surface area (Å²) in [6.45, 7) is 4.89. The Morgan fingerprint density at radius 2 is 2.25 bits per heavy atom. The summed E-state index contributed by atoms with van der Waals surface area (Å²) < 4.78 is 0. The molecule has 1 nitrogen and oxygen atoms in total. The molecule has 0 radical (unpaired) electrons. The first-order valence-corrected chi connectivity index (χ1v) is 4.97. The van der Waals surface area contributed by atoms with E-state index in [1.165, 1.54) is 24.8 Å². The molecule has 0 aliphatic heterocycles. The van der Waals surface area contributed by atoms with Gasteiger partial charge in [0, 0.05) is 0 Å². The standard InChI is InChI=1S/C11H18O/c1-11(2)9-4-3-8(7-9)10(11)5-6-12/h5,8-9,12H,3-4,6-7H2,1-2H3/b10-5+/t8-,9+/m0/s1. The first-order chi connectivity index (χ1) is 5.66. The number of hydrogen-bond acceptors (Lipinski definition) is 1. The Balaban J connectivity index is 2.29. The van der Waals surface area contributed by atoms with E-state index < -0.39 is 0 Å². The zero-order valence-corrected chi connectivity index (χ0v) is 8.01. The van der Waals surface area contributed by atoms with Crippen molar-refractivity contribution in [3.63, 3.8) is 0 Å². The van der Waals surface area contributed by atoms with E-state index in [9.17, 15) is 0 Å². The molecule has 2 fully saturated rings. The maximum Gasteiger partial charge on any atom is 0.0615 e. The number of fused-ring (bicyclic) bond motifs is 2. The van der Waals surface area contributed by atoms with Crippen LogP contribution in [0.15, 0.2) is 11.6 Å². The van der Waals surface area contributed by atoms with Crippen molar-refractivity contribution in [2.24, 2.45) is 17.3 Å². The first-order valence-electron chi connectivity index (χ1n) is 4.97. The molecule has 0 spiro atoms. The molecule has 2 saturated carbocycles. The van der Waals surface area contributed by atoms with E-state index in [4.69, 9.17) is 5.11 Å². The van der Waals surface area contributed by atoms with Gasteiger partial charge in [-0.2, -0.15) is 0 Å². The van der Waals surface area contributed by atoms with Gasteiger partial charge in [-0.1, -0.05) is 25.5 Å². The first kappa shape index (κ1) is 8.31. The van der Waals surface area contributed by atoms with Crippen LogP contribution >= 0.6 is 0 Å². The van der Waals surface area contributed by atoms with Gasteiger partial charge in [0.05, 0.1) is 6.61 Å². The van der Waals surface area contributed by atoms with Crippen LogP contribution in [0.5, 0.6) is 0 Å². The van der Waals surface area contributed by atoms with Crippen molar-refractivity contribution in [1.82, 2.24) is 0 Å². The molecule has 2 aliphatic rings. The van der Waals surface area contributed by atoms with Gasteiger partial charge in [-0.25, -0.2) is 0 Å². The third-order valence-electron chi connectivity index (χ3n) is 3.95. The molecule has 0 aromatic rings. The highest BCUT2D eigenvalue weighted by molar-refractivity contribution is 5.25. The van der Waals surface area contributed by atoms with Crippen LogP contribution in [0.3, 0.4) is 0 Å². The summed E-state index contributed by atoms with van der Waals surface area (Å²) in [5.74, 6) is 1.69. The monoisotopic (exact) mass is 166 g/mol. The van der Waals surface area contributed by atoms with Gasteiger partial charge in [-0.15, -0.1) is 0 Å². The van der Waals surface area contributed by atoms with Crippen molar-refractivity contribution in [2.75, 3.05) is 6.61 Å². The van der Waals surface area contributed by atoms with Crippen LogP contribution in [0, 0.1) is 17.3 Å². The summed E-state index contributed by atoms with van der Waals surface area (Å²) >= 11 is 0. The lowest BCUT2D eigenvalue weighted by molar-refractivity contribution is 0.280. The Bertz CT molecular complexity index is 215. The summed E-state index contributed by atoms with van der Waals surface area (Å²) in [6.07, 6.45) is 6.18. The highest BCUT2D eigenvalue weighted by Gasteiger charge is 2.48. The Kier molecular flexibility index (Phi) is 1.80. The average molecular weight is 166 g/mol. The molecule has 0 aromatic heterocycles. The van der Waals surface area contributed by atoms with Gasteiger partial charge >= 0.3 is 0 Å². The highest BCUT2D eigenvalue weighted by atomic mass is 16.2. The van der Waals surface area contributed by atoms with E-state index in [-0.39, 0.29) is 6.61 Å². The minimum atomic E-state index is 0.224. The van der Waals surface area contributed by atoms with Gasteiger partial charge in [0.2, 0.25) is 0 Å². The van der Waals surface area contributed by atoms with Crippen molar-refractivity contribution in [1.29, 1.82) is 0 Å². The van der Waals surface area contributed by atoms with Crippen LogP contribution in [0.1, 0.15) is 33.1 Å². The summed E-state index contributed by atoms with van der Waals surface area (Å²) in [4.78, 5) is 0. The van der Waals surface area contributed by atoms with Gasteiger partial charge in [0.1, 0.15) is 0 Å². The Hall–Kier alpha value is -0.300. The van der Waals surface area contributed by atoms with Crippen LogP contribution in [0.2, 0.25) is 0 Å². The van der Waals surface area contributed by atoms with Crippen molar-refractivity contribution >= 4 is 0 Å². The van der Waals surface area contributed by atoms with Crippen molar-refractivity contribution in [3.8, 4) is 0 Å². The number of aliphatic hydroxyl groups is 1. The lowest BCUT2D eigenvalue weighted by Crippen LogP contribution is -2.23. The smallest absolute Gasteiger partial charge is 0.0615 e. The fraction of sp³-hybridized carbons (Fsp3) is 0.818.